The number of nitrogens with one attached hydrogen (secondary N) is 1. The first-order valence-corrected chi connectivity index (χ1v) is 6.51. The standard InChI is InChI=1S/C14H26N2/c1-4-11-16(12-10-15-3)14-7-5-6-13(2)8-9-14/h6,8-9,14-15H,4-5,7,10-12H2,1-3H3. The van der Waals surface area contributed by atoms with Crippen LogP contribution in [-0.4, -0.2) is 37.6 Å². The van der Waals surface area contributed by atoms with Gasteiger partial charge in [-0.25, -0.2) is 0 Å². The Morgan fingerprint density at radius 3 is 2.94 bits per heavy atom. The summed E-state index contributed by atoms with van der Waals surface area (Å²) in [5.74, 6) is 0. The molecule has 1 aliphatic rings. The lowest BCUT2D eigenvalue weighted by Crippen LogP contribution is -2.38. The first kappa shape index (κ1) is 13.5. The Morgan fingerprint density at radius 1 is 1.44 bits per heavy atom. The van der Waals surface area contributed by atoms with E-state index in [9.17, 15) is 0 Å². The number of nitrogens with zero attached hydrogens (tertiary/aromatic N) is 1. The van der Waals surface area contributed by atoms with Crippen LogP contribution in [0.2, 0.25) is 0 Å². The molecular formula is C14H26N2. The van der Waals surface area contributed by atoms with Crippen molar-refractivity contribution < 1.29 is 0 Å². The minimum absolute atomic E-state index is 0.627. The van der Waals surface area contributed by atoms with Crippen LogP contribution in [0.25, 0.3) is 0 Å². The van der Waals surface area contributed by atoms with Crippen LogP contribution in [0.5, 0.6) is 0 Å². The zero-order chi connectivity index (χ0) is 11.8. The van der Waals surface area contributed by atoms with Gasteiger partial charge in [0.2, 0.25) is 0 Å². The molecule has 0 aromatic rings. The van der Waals surface area contributed by atoms with Crippen LogP contribution >= 0.6 is 0 Å². The highest BCUT2D eigenvalue weighted by atomic mass is 15.2. The molecule has 1 rings (SSSR count). The predicted molar refractivity (Wildman–Crippen MR) is 71.7 cm³/mol. The molecular weight excluding hydrogens is 196 g/mol. The zero-order valence-electron chi connectivity index (χ0n) is 11.0. The van der Waals surface area contributed by atoms with Gasteiger partial charge in [0.1, 0.15) is 0 Å². The summed E-state index contributed by atoms with van der Waals surface area (Å²) in [6.45, 7) is 7.89. The van der Waals surface area contributed by atoms with Crippen molar-refractivity contribution in [1.82, 2.24) is 10.2 Å². The second-order valence-electron chi connectivity index (χ2n) is 4.59. The van der Waals surface area contributed by atoms with Gasteiger partial charge >= 0.3 is 0 Å². The van der Waals surface area contributed by atoms with Crippen LogP contribution in [0.4, 0.5) is 0 Å². The van der Waals surface area contributed by atoms with E-state index in [1.54, 1.807) is 0 Å². The van der Waals surface area contributed by atoms with Gasteiger partial charge < -0.3 is 5.32 Å². The largest absolute Gasteiger partial charge is 0.318 e. The van der Waals surface area contributed by atoms with Crippen LogP contribution in [0.3, 0.4) is 0 Å². The summed E-state index contributed by atoms with van der Waals surface area (Å²) >= 11 is 0. The topological polar surface area (TPSA) is 15.3 Å². The molecule has 2 nitrogen and oxygen atoms in total. The zero-order valence-corrected chi connectivity index (χ0v) is 11.0. The Bertz CT molecular complexity index is 243. The third-order valence-corrected chi connectivity index (χ3v) is 3.14. The lowest BCUT2D eigenvalue weighted by molar-refractivity contribution is 0.223. The molecule has 0 saturated carbocycles. The molecule has 0 bridgehead atoms. The van der Waals surface area contributed by atoms with Crippen molar-refractivity contribution in [1.29, 1.82) is 0 Å². The lowest BCUT2D eigenvalue weighted by atomic mass is 10.1. The van der Waals surface area contributed by atoms with Crippen LogP contribution in [0.1, 0.15) is 33.1 Å². The van der Waals surface area contributed by atoms with E-state index in [1.807, 2.05) is 7.05 Å². The first-order valence-electron chi connectivity index (χ1n) is 6.51. The molecule has 0 saturated heterocycles. The maximum absolute atomic E-state index is 3.24. The molecule has 0 heterocycles. The number of hydrogen-bond acceptors (Lipinski definition) is 2. The Kier molecular flexibility index (Phi) is 6.43. The van der Waals surface area contributed by atoms with E-state index in [2.05, 4.69) is 42.3 Å². The first-order chi connectivity index (χ1) is 7.77. The number of hydrogen-bond donors (Lipinski definition) is 1. The number of rotatable bonds is 6. The smallest absolute Gasteiger partial charge is 0.0284 e. The molecule has 1 atom stereocenters. The fourth-order valence-corrected chi connectivity index (χ4v) is 2.20. The molecule has 1 aliphatic carbocycles. The van der Waals surface area contributed by atoms with Gasteiger partial charge in [0, 0.05) is 19.1 Å². The normalized spacial score (nSPS) is 21.0. The van der Waals surface area contributed by atoms with Gasteiger partial charge in [0.05, 0.1) is 0 Å². The lowest BCUT2D eigenvalue weighted by Gasteiger charge is -2.28. The summed E-state index contributed by atoms with van der Waals surface area (Å²) < 4.78 is 0. The van der Waals surface area contributed by atoms with Gasteiger partial charge in [-0.2, -0.15) is 0 Å². The van der Waals surface area contributed by atoms with E-state index >= 15 is 0 Å². The Balaban J connectivity index is 2.53. The van der Waals surface area contributed by atoms with Crippen molar-refractivity contribution in [3.63, 3.8) is 0 Å². The molecule has 16 heavy (non-hydrogen) atoms. The van der Waals surface area contributed by atoms with Crippen LogP contribution in [0, 0.1) is 0 Å². The second kappa shape index (κ2) is 7.64. The summed E-state index contributed by atoms with van der Waals surface area (Å²) in [5.41, 5.74) is 1.41. The number of likely N-dealkylation sites (N-methyl/N-ethyl adjacent to an activating group) is 1. The summed E-state index contributed by atoms with van der Waals surface area (Å²) in [7, 11) is 2.03. The average Bonchev–Trinajstić information content (AvgIpc) is 2.49. The minimum Gasteiger partial charge on any atom is -0.318 e. The Hall–Kier alpha value is -0.600. The summed E-state index contributed by atoms with van der Waals surface area (Å²) in [4.78, 5) is 2.60. The fraction of sp³-hybridized carbons (Fsp3) is 0.714. The van der Waals surface area contributed by atoms with E-state index in [-0.39, 0.29) is 0 Å². The van der Waals surface area contributed by atoms with Gasteiger partial charge in [-0.05, 0) is 39.8 Å². The molecule has 0 aromatic heterocycles. The van der Waals surface area contributed by atoms with Crippen molar-refractivity contribution >= 4 is 0 Å². The molecule has 2 heteroatoms. The molecule has 0 aliphatic heterocycles. The van der Waals surface area contributed by atoms with Crippen molar-refractivity contribution in [2.45, 2.75) is 39.2 Å². The third-order valence-electron chi connectivity index (χ3n) is 3.14. The van der Waals surface area contributed by atoms with Gasteiger partial charge in [-0.15, -0.1) is 0 Å². The quantitative estimate of drug-likeness (QED) is 0.743. The van der Waals surface area contributed by atoms with Gasteiger partial charge in [-0.3, -0.25) is 4.90 Å². The van der Waals surface area contributed by atoms with E-state index in [0.29, 0.717) is 6.04 Å². The van der Waals surface area contributed by atoms with E-state index < -0.39 is 0 Å². The van der Waals surface area contributed by atoms with Crippen LogP contribution < -0.4 is 5.32 Å². The van der Waals surface area contributed by atoms with Crippen molar-refractivity contribution in [3.8, 4) is 0 Å². The molecule has 0 spiro atoms. The van der Waals surface area contributed by atoms with Gasteiger partial charge in [-0.1, -0.05) is 30.7 Å². The molecule has 0 radical (unpaired) electrons. The summed E-state index contributed by atoms with van der Waals surface area (Å²) in [6.07, 6.45) is 10.7. The predicted octanol–water partition coefficient (Wildman–Crippen LogP) is 2.58. The SMILES string of the molecule is CCCN(CCNC)C1C=CC(C)=CCC1. The van der Waals surface area contributed by atoms with E-state index in [0.717, 1.165) is 13.1 Å². The van der Waals surface area contributed by atoms with E-state index in [1.165, 1.54) is 31.4 Å². The van der Waals surface area contributed by atoms with Crippen LogP contribution in [-0.2, 0) is 0 Å². The molecule has 0 fully saturated rings. The highest BCUT2D eigenvalue weighted by Crippen LogP contribution is 2.15. The maximum atomic E-state index is 3.24. The average molecular weight is 222 g/mol. The summed E-state index contributed by atoms with van der Waals surface area (Å²) in [6, 6.07) is 0.627. The monoisotopic (exact) mass is 222 g/mol. The highest BCUT2D eigenvalue weighted by Gasteiger charge is 2.15. The molecule has 0 aromatic carbocycles. The summed E-state index contributed by atoms with van der Waals surface area (Å²) in [5, 5.41) is 3.24. The Labute approximate surface area is 100 Å². The molecule has 1 unspecified atom stereocenters. The number of allylic oxidation sites excluding steroid dienone is 3. The fourth-order valence-electron chi connectivity index (χ4n) is 2.20. The van der Waals surface area contributed by atoms with Crippen molar-refractivity contribution in [3.05, 3.63) is 23.8 Å². The Morgan fingerprint density at radius 2 is 2.25 bits per heavy atom. The van der Waals surface area contributed by atoms with Crippen molar-refractivity contribution in [2.75, 3.05) is 26.7 Å². The molecule has 0 amide bonds. The van der Waals surface area contributed by atoms with Crippen LogP contribution in [0.15, 0.2) is 23.8 Å². The minimum atomic E-state index is 0.627. The molecule has 92 valence electrons. The second-order valence-corrected chi connectivity index (χ2v) is 4.59. The molecule has 1 N–H and O–H groups in total. The third kappa shape index (κ3) is 4.50. The van der Waals surface area contributed by atoms with Gasteiger partial charge in [0.25, 0.3) is 0 Å². The highest BCUT2D eigenvalue weighted by molar-refractivity contribution is 5.20. The van der Waals surface area contributed by atoms with E-state index in [4.69, 9.17) is 0 Å². The van der Waals surface area contributed by atoms with Crippen molar-refractivity contribution in [2.24, 2.45) is 0 Å². The maximum Gasteiger partial charge on any atom is 0.0284 e. The van der Waals surface area contributed by atoms with Gasteiger partial charge in [0.15, 0.2) is 0 Å².